The maximum absolute atomic E-state index is 12.9. The zero-order chi connectivity index (χ0) is 26.3. The van der Waals surface area contributed by atoms with E-state index in [2.05, 4.69) is 47.0 Å². The van der Waals surface area contributed by atoms with Gasteiger partial charge >= 0.3 is 0 Å². The van der Waals surface area contributed by atoms with E-state index in [4.69, 9.17) is 9.84 Å². The summed E-state index contributed by atoms with van der Waals surface area (Å²) in [5.41, 5.74) is 5.32. The predicted molar refractivity (Wildman–Crippen MR) is 148 cm³/mol. The first-order valence-corrected chi connectivity index (χ1v) is 13.4. The van der Waals surface area contributed by atoms with Crippen LogP contribution in [-0.4, -0.2) is 36.7 Å². The molecule has 6 nitrogen and oxygen atoms in total. The first-order valence-electron chi connectivity index (χ1n) is 13.4. The Hall–Kier alpha value is -3.90. The Morgan fingerprint density at radius 2 is 1.45 bits per heavy atom. The summed E-state index contributed by atoms with van der Waals surface area (Å²) < 4.78 is 5.88. The minimum atomic E-state index is -0.455. The molecule has 0 radical (unpaired) electrons. The average molecular weight is 511 g/mol. The maximum Gasteiger partial charge on any atom is 0.267 e. The fraction of sp³-hybridized carbons (Fsp3) is 0.312. The van der Waals surface area contributed by atoms with Crippen LogP contribution in [0.5, 0.6) is 5.75 Å². The molecule has 6 heteroatoms. The molecule has 2 aliphatic carbocycles. The zero-order valence-corrected chi connectivity index (χ0v) is 21.5. The van der Waals surface area contributed by atoms with Crippen LogP contribution in [0.1, 0.15) is 70.1 Å². The molecule has 3 aromatic rings. The number of rotatable bonds is 12. The normalized spacial score (nSPS) is 15.1. The first-order chi connectivity index (χ1) is 18.6. The van der Waals surface area contributed by atoms with Crippen molar-refractivity contribution in [3.63, 3.8) is 0 Å². The Morgan fingerprint density at radius 3 is 2.03 bits per heavy atom. The molecule has 2 saturated carbocycles. The third kappa shape index (κ3) is 7.11. The van der Waals surface area contributed by atoms with Gasteiger partial charge in [-0.1, -0.05) is 48.5 Å². The highest BCUT2D eigenvalue weighted by atomic mass is 16.5. The van der Waals surface area contributed by atoms with Crippen LogP contribution in [0.4, 0.5) is 0 Å². The van der Waals surface area contributed by atoms with Gasteiger partial charge in [-0.05, 0) is 90.1 Å². The summed E-state index contributed by atoms with van der Waals surface area (Å²) in [7, 11) is 0. The molecule has 2 aliphatic rings. The SMILES string of the molecule is O=C(NCCO)C(=Cc1ccc(C2CC2)cc1)NC(=O)c1ccc(OCCc2ccc(C3CC3)cc2)cc1. The average Bonchev–Trinajstić information content (AvgIpc) is 3.86. The highest BCUT2D eigenvalue weighted by Gasteiger charge is 2.23. The van der Waals surface area contributed by atoms with Crippen molar-refractivity contribution in [2.45, 2.75) is 43.9 Å². The van der Waals surface area contributed by atoms with Crippen molar-refractivity contribution < 1.29 is 19.4 Å². The van der Waals surface area contributed by atoms with Crippen LogP contribution in [0.15, 0.2) is 78.5 Å². The second-order valence-corrected chi connectivity index (χ2v) is 10.1. The molecule has 2 fully saturated rings. The van der Waals surface area contributed by atoms with Crippen LogP contribution < -0.4 is 15.4 Å². The van der Waals surface area contributed by atoms with Gasteiger partial charge in [0, 0.05) is 18.5 Å². The van der Waals surface area contributed by atoms with Crippen molar-refractivity contribution in [3.05, 3.63) is 106 Å². The lowest BCUT2D eigenvalue weighted by molar-refractivity contribution is -0.117. The zero-order valence-electron chi connectivity index (χ0n) is 21.5. The van der Waals surface area contributed by atoms with Crippen LogP contribution in [0.25, 0.3) is 6.08 Å². The van der Waals surface area contributed by atoms with Crippen LogP contribution in [-0.2, 0) is 11.2 Å². The Labute approximate surface area is 223 Å². The lowest BCUT2D eigenvalue weighted by Crippen LogP contribution is -2.36. The van der Waals surface area contributed by atoms with Gasteiger partial charge in [0.15, 0.2) is 0 Å². The Kier molecular flexibility index (Phi) is 8.19. The second-order valence-electron chi connectivity index (χ2n) is 10.1. The van der Waals surface area contributed by atoms with Gasteiger partial charge in [0.1, 0.15) is 11.4 Å². The Morgan fingerprint density at radius 1 is 0.842 bits per heavy atom. The van der Waals surface area contributed by atoms with E-state index in [1.165, 1.54) is 42.4 Å². The maximum atomic E-state index is 12.9. The van der Waals surface area contributed by atoms with E-state index in [1.807, 2.05) is 12.1 Å². The molecule has 0 saturated heterocycles. The molecular formula is C32H34N2O4. The first kappa shape index (κ1) is 25.7. The topological polar surface area (TPSA) is 87.7 Å². The number of benzene rings is 3. The van der Waals surface area contributed by atoms with Crippen molar-refractivity contribution in [3.8, 4) is 5.75 Å². The molecule has 38 heavy (non-hydrogen) atoms. The predicted octanol–water partition coefficient (Wildman–Crippen LogP) is 4.94. The number of hydrogen-bond acceptors (Lipinski definition) is 4. The fourth-order valence-electron chi connectivity index (χ4n) is 4.43. The molecule has 0 unspecified atom stereocenters. The highest BCUT2D eigenvalue weighted by molar-refractivity contribution is 6.05. The molecule has 0 bridgehead atoms. The number of aliphatic hydroxyl groups excluding tert-OH is 1. The van der Waals surface area contributed by atoms with Crippen molar-refractivity contribution in [2.75, 3.05) is 19.8 Å². The number of aliphatic hydroxyl groups is 1. The van der Waals surface area contributed by atoms with Crippen molar-refractivity contribution in [1.29, 1.82) is 0 Å². The number of hydrogen-bond donors (Lipinski definition) is 3. The second kappa shape index (κ2) is 12.1. The molecule has 2 amide bonds. The van der Waals surface area contributed by atoms with Gasteiger partial charge in [0.2, 0.25) is 0 Å². The van der Waals surface area contributed by atoms with E-state index < -0.39 is 11.8 Å². The van der Waals surface area contributed by atoms with Crippen molar-refractivity contribution in [1.82, 2.24) is 10.6 Å². The van der Waals surface area contributed by atoms with Crippen LogP contribution in [0.2, 0.25) is 0 Å². The summed E-state index contributed by atoms with van der Waals surface area (Å²) in [5.74, 6) is 1.24. The van der Waals surface area contributed by atoms with Gasteiger partial charge < -0.3 is 20.5 Å². The molecule has 3 aromatic carbocycles. The van der Waals surface area contributed by atoms with Crippen LogP contribution in [0.3, 0.4) is 0 Å². The molecule has 0 spiro atoms. The van der Waals surface area contributed by atoms with E-state index in [0.29, 0.717) is 23.8 Å². The summed E-state index contributed by atoms with van der Waals surface area (Å²) in [6.45, 7) is 0.464. The smallest absolute Gasteiger partial charge is 0.267 e. The van der Waals surface area contributed by atoms with Gasteiger partial charge in [-0.25, -0.2) is 0 Å². The van der Waals surface area contributed by atoms with Crippen LogP contribution in [0, 0.1) is 0 Å². The third-order valence-electron chi connectivity index (χ3n) is 6.99. The summed E-state index contributed by atoms with van der Waals surface area (Å²) in [5, 5.41) is 14.4. The largest absolute Gasteiger partial charge is 0.493 e. The lowest BCUT2D eigenvalue weighted by atomic mass is 10.1. The van der Waals surface area contributed by atoms with Crippen molar-refractivity contribution in [2.24, 2.45) is 0 Å². The molecule has 0 atom stereocenters. The standard InChI is InChI=1S/C32H34N2O4/c35-19-18-33-32(37)30(21-23-3-7-25(8-4-23)27-11-12-27)34-31(36)28-13-15-29(16-14-28)38-20-17-22-1-5-24(6-2-22)26-9-10-26/h1-8,13-16,21,26-27,35H,9-12,17-20H2,(H,33,37)(H,34,36). The third-order valence-corrected chi connectivity index (χ3v) is 6.99. The number of carbonyl (C=O) groups excluding carboxylic acids is 2. The lowest BCUT2D eigenvalue weighted by Gasteiger charge is -2.12. The Bertz CT molecular complexity index is 1270. The number of nitrogens with one attached hydrogen (secondary N) is 2. The van der Waals surface area contributed by atoms with E-state index in [0.717, 1.165) is 17.9 Å². The number of ether oxygens (including phenoxy) is 1. The molecule has 0 aliphatic heterocycles. The molecule has 0 aromatic heterocycles. The van der Waals surface area contributed by atoms with Gasteiger partial charge in [-0.15, -0.1) is 0 Å². The van der Waals surface area contributed by atoms with Crippen LogP contribution >= 0.6 is 0 Å². The van der Waals surface area contributed by atoms with Gasteiger partial charge in [-0.2, -0.15) is 0 Å². The molecule has 5 rings (SSSR count). The summed E-state index contributed by atoms with van der Waals surface area (Å²) in [4.78, 5) is 25.6. The van der Waals surface area contributed by atoms with E-state index in [9.17, 15) is 9.59 Å². The number of carbonyl (C=O) groups is 2. The number of amides is 2. The summed E-state index contributed by atoms with van der Waals surface area (Å²) >= 11 is 0. The summed E-state index contributed by atoms with van der Waals surface area (Å²) in [6, 6.07) is 23.7. The van der Waals surface area contributed by atoms with Gasteiger partial charge in [-0.3, -0.25) is 9.59 Å². The Balaban J connectivity index is 1.17. The monoisotopic (exact) mass is 510 g/mol. The molecule has 3 N–H and O–H groups in total. The summed E-state index contributed by atoms with van der Waals surface area (Å²) in [6.07, 6.45) is 7.51. The van der Waals surface area contributed by atoms with Gasteiger partial charge in [0.25, 0.3) is 11.8 Å². The quantitative estimate of drug-likeness (QED) is 0.301. The highest BCUT2D eigenvalue weighted by Crippen LogP contribution is 2.40. The molecular weight excluding hydrogens is 476 g/mol. The van der Waals surface area contributed by atoms with Gasteiger partial charge in [0.05, 0.1) is 13.2 Å². The van der Waals surface area contributed by atoms with E-state index in [1.54, 1.807) is 30.3 Å². The molecule has 196 valence electrons. The minimum Gasteiger partial charge on any atom is -0.493 e. The molecule has 0 heterocycles. The van der Waals surface area contributed by atoms with E-state index >= 15 is 0 Å². The minimum absolute atomic E-state index is 0.101. The fourth-order valence-corrected chi connectivity index (χ4v) is 4.43. The van der Waals surface area contributed by atoms with E-state index in [-0.39, 0.29) is 18.8 Å². The van der Waals surface area contributed by atoms with Crippen molar-refractivity contribution >= 4 is 17.9 Å².